The maximum absolute atomic E-state index is 13.0. The second kappa shape index (κ2) is 10.1. The molecule has 3 aromatic rings. The van der Waals surface area contributed by atoms with Gasteiger partial charge in [0.25, 0.3) is 5.91 Å². The van der Waals surface area contributed by atoms with E-state index in [0.29, 0.717) is 18.7 Å². The van der Waals surface area contributed by atoms with Gasteiger partial charge in [0, 0.05) is 44.8 Å². The Hall–Kier alpha value is -2.23. The number of sulfonamides is 1. The van der Waals surface area contributed by atoms with E-state index >= 15 is 0 Å². The molecule has 0 bridgehead atoms. The molecule has 0 radical (unpaired) electrons. The highest BCUT2D eigenvalue weighted by Gasteiger charge is 2.25. The minimum atomic E-state index is -3.87. The van der Waals surface area contributed by atoms with E-state index < -0.39 is 10.0 Å². The van der Waals surface area contributed by atoms with Crippen LogP contribution in [0.2, 0.25) is 5.02 Å². The minimum Gasteiger partial charge on any atom is -0.336 e. The SMILES string of the molecule is O=C(c1ccc(Cl)c(S(=O)(=O)NCc2ccccc2)c1)N1CCN(Cc2ccsc2)CC1. The van der Waals surface area contributed by atoms with Gasteiger partial charge in [-0.05, 0) is 46.2 Å². The normalized spacial score (nSPS) is 15.1. The third-order valence-corrected chi connectivity index (χ3v) is 8.04. The minimum absolute atomic E-state index is 0.0858. The van der Waals surface area contributed by atoms with Gasteiger partial charge in [-0.1, -0.05) is 41.9 Å². The highest BCUT2D eigenvalue weighted by atomic mass is 35.5. The number of carbonyl (C=O) groups is 1. The fraction of sp³-hybridized carbons (Fsp3) is 0.261. The smallest absolute Gasteiger partial charge is 0.253 e. The van der Waals surface area contributed by atoms with Crippen molar-refractivity contribution in [3.05, 3.63) is 87.1 Å². The van der Waals surface area contributed by atoms with E-state index in [1.54, 1.807) is 22.3 Å². The van der Waals surface area contributed by atoms with Crippen molar-refractivity contribution >= 4 is 38.9 Å². The van der Waals surface area contributed by atoms with Crippen LogP contribution in [0, 0.1) is 0 Å². The highest BCUT2D eigenvalue weighted by molar-refractivity contribution is 7.89. The number of thiophene rings is 1. The van der Waals surface area contributed by atoms with Crippen molar-refractivity contribution in [2.24, 2.45) is 0 Å². The Morgan fingerprint density at radius 3 is 2.44 bits per heavy atom. The van der Waals surface area contributed by atoms with Gasteiger partial charge in [0.1, 0.15) is 4.90 Å². The van der Waals surface area contributed by atoms with Crippen molar-refractivity contribution in [3.8, 4) is 0 Å². The fourth-order valence-electron chi connectivity index (χ4n) is 3.63. The van der Waals surface area contributed by atoms with Crippen LogP contribution in [0.5, 0.6) is 0 Å². The number of piperazine rings is 1. The van der Waals surface area contributed by atoms with E-state index in [4.69, 9.17) is 11.6 Å². The summed E-state index contributed by atoms with van der Waals surface area (Å²) in [6, 6.07) is 15.8. The number of nitrogens with one attached hydrogen (secondary N) is 1. The summed E-state index contributed by atoms with van der Waals surface area (Å²) in [5.41, 5.74) is 2.44. The Balaban J connectivity index is 1.42. The summed E-state index contributed by atoms with van der Waals surface area (Å²) in [6.07, 6.45) is 0. The molecule has 6 nitrogen and oxygen atoms in total. The van der Waals surface area contributed by atoms with Crippen molar-refractivity contribution in [1.82, 2.24) is 14.5 Å². The number of nitrogens with zero attached hydrogens (tertiary/aromatic N) is 2. The Morgan fingerprint density at radius 1 is 1.00 bits per heavy atom. The van der Waals surface area contributed by atoms with Crippen LogP contribution < -0.4 is 4.72 Å². The van der Waals surface area contributed by atoms with E-state index in [0.717, 1.165) is 25.2 Å². The highest BCUT2D eigenvalue weighted by Crippen LogP contribution is 2.24. The van der Waals surface area contributed by atoms with Crippen LogP contribution in [0.4, 0.5) is 0 Å². The molecule has 32 heavy (non-hydrogen) atoms. The molecule has 0 saturated carbocycles. The molecule has 1 saturated heterocycles. The summed E-state index contributed by atoms with van der Waals surface area (Å²) in [5, 5.41) is 4.29. The molecule has 0 atom stereocenters. The van der Waals surface area contributed by atoms with Crippen LogP contribution in [0.25, 0.3) is 0 Å². The predicted octanol–water partition coefficient (Wildman–Crippen LogP) is 3.84. The van der Waals surface area contributed by atoms with E-state index in [1.165, 1.54) is 17.7 Å². The zero-order valence-corrected chi connectivity index (χ0v) is 19.8. The quantitative estimate of drug-likeness (QED) is 0.547. The molecule has 1 aliphatic rings. The molecule has 1 N–H and O–H groups in total. The molecule has 0 spiro atoms. The predicted molar refractivity (Wildman–Crippen MR) is 127 cm³/mol. The molecular weight excluding hydrogens is 466 g/mol. The standard InChI is InChI=1S/C23H24ClN3O3S2/c24-21-7-6-20(14-22(21)32(29,30)25-15-18-4-2-1-3-5-18)23(28)27-11-9-26(10-12-27)16-19-8-13-31-17-19/h1-8,13-14,17,25H,9-12,15-16H2. The Labute approximate surface area is 197 Å². The van der Waals surface area contributed by atoms with Gasteiger partial charge in [-0.3, -0.25) is 9.69 Å². The molecule has 1 amide bonds. The van der Waals surface area contributed by atoms with Crippen molar-refractivity contribution in [1.29, 1.82) is 0 Å². The molecule has 168 valence electrons. The molecule has 1 aromatic heterocycles. The lowest BCUT2D eigenvalue weighted by molar-refractivity contribution is 0.0628. The van der Waals surface area contributed by atoms with Gasteiger partial charge >= 0.3 is 0 Å². The lowest BCUT2D eigenvalue weighted by Crippen LogP contribution is -2.48. The molecule has 9 heteroatoms. The van der Waals surface area contributed by atoms with Crippen molar-refractivity contribution < 1.29 is 13.2 Å². The van der Waals surface area contributed by atoms with E-state index in [-0.39, 0.29) is 22.4 Å². The molecule has 0 unspecified atom stereocenters. The van der Waals surface area contributed by atoms with Crippen LogP contribution in [0.3, 0.4) is 0 Å². The van der Waals surface area contributed by atoms with Crippen molar-refractivity contribution in [3.63, 3.8) is 0 Å². The molecular formula is C23H24ClN3O3S2. The third-order valence-electron chi connectivity index (χ3n) is 5.42. The average Bonchev–Trinajstić information content (AvgIpc) is 3.32. The number of halogens is 1. The van der Waals surface area contributed by atoms with Crippen LogP contribution in [0.15, 0.2) is 70.3 Å². The van der Waals surface area contributed by atoms with Gasteiger partial charge in [0.05, 0.1) is 5.02 Å². The topological polar surface area (TPSA) is 69.7 Å². The largest absolute Gasteiger partial charge is 0.336 e. The maximum atomic E-state index is 13.0. The Kier molecular flexibility index (Phi) is 7.27. The van der Waals surface area contributed by atoms with Crippen LogP contribution in [-0.2, 0) is 23.1 Å². The average molecular weight is 490 g/mol. The van der Waals surface area contributed by atoms with Gasteiger partial charge < -0.3 is 4.90 Å². The molecule has 4 rings (SSSR count). The van der Waals surface area contributed by atoms with Crippen molar-refractivity contribution in [2.75, 3.05) is 26.2 Å². The van der Waals surface area contributed by atoms with Gasteiger partial charge in [0.2, 0.25) is 10.0 Å². The van der Waals surface area contributed by atoms with Crippen LogP contribution in [-0.4, -0.2) is 50.3 Å². The number of amides is 1. The van der Waals surface area contributed by atoms with Crippen LogP contribution in [0.1, 0.15) is 21.5 Å². The number of hydrogen-bond acceptors (Lipinski definition) is 5. The number of benzene rings is 2. The van der Waals surface area contributed by atoms with Gasteiger partial charge in [-0.25, -0.2) is 13.1 Å². The molecule has 2 aromatic carbocycles. The summed E-state index contributed by atoms with van der Waals surface area (Å²) < 4.78 is 28.3. The molecule has 2 heterocycles. The first-order valence-electron chi connectivity index (χ1n) is 10.3. The lowest BCUT2D eigenvalue weighted by atomic mass is 10.1. The molecule has 1 aliphatic heterocycles. The summed E-state index contributed by atoms with van der Waals surface area (Å²) in [6.45, 7) is 3.77. The summed E-state index contributed by atoms with van der Waals surface area (Å²) in [5.74, 6) is -0.184. The fourth-order valence-corrected chi connectivity index (χ4v) is 5.83. The van der Waals surface area contributed by atoms with Crippen molar-refractivity contribution in [2.45, 2.75) is 18.0 Å². The maximum Gasteiger partial charge on any atom is 0.253 e. The second-order valence-electron chi connectivity index (χ2n) is 7.66. The number of hydrogen-bond donors (Lipinski definition) is 1. The second-order valence-corrected chi connectivity index (χ2v) is 10.6. The summed E-state index contributed by atoms with van der Waals surface area (Å²) in [7, 11) is -3.87. The zero-order chi connectivity index (χ0) is 22.6. The van der Waals surface area contributed by atoms with Gasteiger partial charge in [0.15, 0.2) is 0 Å². The Morgan fingerprint density at radius 2 is 1.75 bits per heavy atom. The first-order chi connectivity index (χ1) is 15.4. The third kappa shape index (κ3) is 5.57. The molecule has 0 aliphatic carbocycles. The number of carbonyl (C=O) groups excluding carboxylic acids is 1. The van der Waals surface area contributed by atoms with E-state index in [1.807, 2.05) is 30.3 Å². The lowest BCUT2D eigenvalue weighted by Gasteiger charge is -2.34. The summed E-state index contributed by atoms with van der Waals surface area (Å²) >= 11 is 7.87. The van der Waals surface area contributed by atoms with E-state index in [2.05, 4.69) is 26.4 Å². The number of rotatable bonds is 7. The molecule has 1 fully saturated rings. The first kappa shape index (κ1) is 22.9. The van der Waals surface area contributed by atoms with Gasteiger partial charge in [-0.2, -0.15) is 11.3 Å². The summed E-state index contributed by atoms with van der Waals surface area (Å²) in [4.78, 5) is 17.0. The monoisotopic (exact) mass is 489 g/mol. The Bertz CT molecular complexity index is 1160. The zero-order valence-electron chi connectivity index (χ0n) is 17.4. The van der Waals surface area contributed by atoms with Gasteiger partial charge in [-0.15, -0.1) is 0 Å². The van der Waals surface area contributed by atoms with Crippen LogP contribution >= 0.6 is 22.9 Å². The first-order valence-corrected chi connectivity index (χ1v) is 13.1. The van der Waals surface area contributed by atoms with E-state index in [9.17, 15) is 13.2 Å².